The lowest BCUT2D eigenvalue weighted by Gasteiger charge is -2.59. The van der Waals surface area contributed by atoms with Crippen molar-refractivity contribution < 1.29 is 19.7 Å². The molecule has 2 aromatic rings. The summed E-state index contributed by atoms with van der Waals surface area (Å²) in [5.41, 5.74) is 1.88. The van der Waals surface area contributed by atoms with Crippen LogP contribution in [0.2, 0.25) is 0 Å². The zero-order valence-electron chi connectivity index (χ0n) is 14.5. The minimum Gasteiger partial charge on any atom is -0.508 e. The van der Waals surface area contributed by atoms with Crippen molar-refractivity contribution in [3.8, 4) is 5.75 Å². The van der Waals surface area contributed by atoms with Gasteiger partial charge in [-0.2, -0.15) is 0 Å². The van der Waals surface area contributed by atoms with Gasteiger partial charge in [0.05, 0.1) is 5.56 Å². The van der Waals surface area contributed by atoms with Crippen LogP contribution in [0.15, 0.2) is 54.6 Å². The number of phenolic OH excluding ortho intramolecular Hbond substituents is 1. The molecule has 2 aromatic carbocycles. The summed E-state index contributed by atoms with van der Waals surface area (Å²) < 4.78 is 0. The summed E-state index contributed by atoms with van der Waals surface area (Å²) in [5.74, 6) is 0.758. The van der Waals surface area contributed by atoms with Crippen LogP contribution in [0.4, 0.5) is 0 Å². The van der Waals surface area contributed by atoms with Crippen LogP contribution >= 0.6 is 0 Å². The Labute approximate surface area is 147 Å². The van der Waals surface area contributed by atoms with Crippen LogP contribution in [0.5, 0.6) is 5.75 Å². The molecule has 0 amide bonds. The number of Topliss-reactive ketones (excluding diaryl/α,β-unsaturated/α-hetero) is 1. The lowest BCUT2D eigenvalue weighted by Crippen LogP contribution is -3.41. The number of ketones is 1. The maximum absolute atomic E-state index is 13.4. The molecule has 4 nitrogen and oxygen atoms in total. The van der Waals surface area contributed by atoms with Crippen LogP contribution in [0, 0.1) is 5.41 Å². The van der Waals surface area contributed by atoms with Gasteiger partial charge in [-0.3, -0.25) is 14.6 Å². The third-order valence-electron chi connectivity index (χ3n) is 6.64. The van der Waals surface area contributed by atoms with Crippen molar-refractivity contribution >= 4 is 5.78 Å². The molecule has 4 heteroatoms. The number of benzene rings is 2. The van der Waals surface area contributed by atoms with Crippen molar-refractivity contribution in [2.45, 2.75) is 18.5 Å². The molecule has 25 heavy (non-hydrogen) atoms. The maximum atomic E-state index is 13.4. The van der Waals surface area contributed by atoms with E-state index in [4.69, 9.17) is 0 Å². The minimum atomic E-state index is -0.343. The average Bonchev–Trinajstić information content (AvgIpc) is 2.60. The van der Waals surface area contributed by atoms with Gasteiger partial charge in [-0.15, -0.1) is 0 Å². The average molecular weight is 336 g/mol. The predicted molar refractivity (Wildman–Crippen MR) is 93.5 cm³/mol. The molecule has 0 aliphatic carbocycles. The SMILES string of the molecule is CC12C[NH+]3CC(c4ccccc4)(C[NH+](C1)C3c1ccc(O)cc1)C2=O. The Bertz CT molecular complexity index is 815. The van der Waals surface area contributed by atoms with Gasteiger partial charge in [-0.1, -0.05) is 30.3 Å². The monoisotopic (exact) mass is 336 g/mol. The second kappa shape index (κ2) is 4.93. The Hall–Kier alpha value is -2.17. The van der Waals surface area contributed by atoms with E-state index in [1.807, 2.05) is 18.2 Å². The molecule has 2 atom stereocenters. The number of aromatic hydroxyl groups is 1. The third kappa shape index (κ3) is 1.98. The minimum absolute atomic E-state index is 0.232. The van der Waals surface area contributed by atoms with Crippen LogP contribution in [0.1, 0.15) is 24.2 Å². The van der Waals surface area contributed by atoms with E-state index < -0.39 is 0 Å². The van der Waals surface area contributed by atoms with E-state index in [0.717, 1.165) is 26.2 Å². The fraction of sp³-hybridized carbons (Fsp3) is 0.381. The molecule has 4 saturated heterocycles. The Balaban J connectivity index is 1.59. The summed E-state index contributed by atoms with van der Waals surface area (Å²) >= 11 is 0. The second-order valence-electron chi connectivity index (χ2n) is 8.39. The molecule has 4 aliphatic rings. The first kappa shape index (κ1) is 15.1. The van der Waals surface area contributed by atoms with Gasteiger partial charge in [0.25, 0.3) is 0 Å². The van der Waals surface area contributed by atoms with Crippen molar-refractivity contribution in [3.63, 3.8) is 0 Å². The lowest BCUT2D eigenvalue weighted by atomic mass is 9.58. The molecular formula is C21H24N2O2+2. The van der Waals surface area contributed by atoms with Crippen LogP contribution in [0.3, 0.4) is 0 Å². The highest BCUT2D eigenvalue weighted by Gasteiger charge is 2.70. The molecular weight excluding hydrogens is 312 g/mol. The molecule has 0 aromatic heterocycles. The second-order valence-corrected chi connectivity index (χ2v) is 8.39. The number of nitrogens with one attached hydrogen (secondary N) is 2. The molecule has 4 bridgehead atoms. The first-order valence-electron chi connectivity index (χ1n) is 9.10. The molecule has 0 radical (unpaired) electrons. The topological polar surface area (TPSA) is 46.2 Å². The Morgan fingerprint density at radius 1 is 0.920 bits per heavy atom. The summed E-state index contributed by atoms with van der Waals surface area (Å²) in [6, 6.07) is 18.0. The summed E-state index contributed by atoms with van der Waals surface area (Å²) in [4.78, 5) is 16.5. The first-order valence-corrected chi connectivity index (χ1v) is 9.10. The molecule has 4 fully saturated rings. The summed E-state index contributed by atoms with van der Waals surface area (Å²) in [6.45, 7) is 5.74. The quantitative estimate of drug-likeness (QED) is 0.706. The fourth-order valence-electron chi connectivity index (χ4n) is 5.85. The van der Waals surface area contributed by atoms with Crippen molar-refractivity contribution in [1.82, 2.24) is 0 Å². The van der Waals surface area contributed by atoms with Crippen LogP contribution in [-0.2, 0) is 10.2 Å². The van der Waals surface area contributed by atoms with Crippen molar-refractivity contribution in [1.29, 1.82) is 0 Å². The number of hydrogen-bond donors (Lipinski definition) is 3. The van der Waals surface area contributed by atoms with E-state index in [-0.39, 0.29) is 10.8 Å². The fourth-order valence-corrected chi connectivity index (χ4v) is 5.85. The highest BCUT2D eigenvalue weighted by molar-refractivity contribution is 5.96. The van der Waals surface area contributed by atoms with Gasteiger partial charge in [0.2, 0.25) is 6.17 Å². The van der Waals surface area contributed by atoms with E-state index in [0.29, 0.717) is 17.7 Å². The van der Waals surface area contributed by atoms with Crippen LogP contribution in [0.25, 0.3) is 0 Å². The van der Waals surface area contributed by atoms with Gasteiger partial charge in [-0.05, 0) is 36.8 Å². The number of hydrogen-bond acceptors (Lipinski definition) is 2. The van der Waals surface area contributed by atoms with E-state index >= 15 is 0 Å². The molecule has 128 valence electrons. The lowest BCUT2D eigenvalue weighted by molar-refractivity contribution is -1.18. The number of carbonyl (C=O) groups excluding carboxylic acids is 1. The van der Waals surface area contributed by atoms with E-state index in [1.165, 1.54) is 20.9 Å². The van der Waals surface area contributed by atoms with Gasteiger partial charge in [0, 0.05) is 0 Å². The normalized spacial score (nSPS) is 38.9. The highest BCUT2D eigenvalue weighted by Crippen LogP contribution is 2.39. The molecule has 4 heterocycles. The molecule has 2 unspecified atom stereocenters. The molecule has 0 spiro atoms. The van der Waals surface area contributed by atoms with Gasteiger partial charge in [0.15, 0.2) is 11.2 Å². The standard InChI is InChI=1S/C21H22N2O2/c1-20-11-22-13-21(19(20)25,16-5-3-2-4-6-16)14-23(12-20)18(22)15-7-9-17(24)10-8-15/h2-10,18,24H,11-14H2,1H3/p+2. The Morgan fingerprint density at radius 2 is 1.52 bits per heavy atom. The largest absolute Gasteiger partial charge is 0.508 e. The number of quaternary nitrogens is 2. The first-order chi connectivity index (χ1) is 12.0. The number of rotatable bonds is 2. The van der Waals surface area contributed by atoms with Gasteiger partial charge < -0.3 is 5.11 Å². The number of carbonyl (C=O) groups is 1. The Kier molecular flexibility index (Phi) is 2.98. The van der Waals surface area contributed by atoms with E-state index in [9.17, 15) is 9.90 Å². The zero-order chi connectivity index (χ0) is 17.2. The Morgan fingerprint density at radius 3 is 2.12 bits per heavy atom. The highest BCUT2D eigenvalue weighted by atomic mass is 16.3. The third-order valence-corrected chi connectivity index (χ3v) is 6.64. The molecule has 0 saturated carbocycles. The van der Waals surface area contributed by atoms with E-state index in [1.54, 1.807) is 12.1 Å². The number of piperidine rings is 2. The number of phenols is 1. The maximum Gasteiger partial charge on any atom is 0.240 e. The summed E-state index contributed by atoms with van der Waals surface area (Å²) in [5, 5.41) is 9.61. The molecule has 6 rings (SSSR count). The van der Waals surface area contributed by atoms with Gasteiger partial charge in [-0.25, -0.2) is 0 Å². The van der Waals surface area contributed by atoms with E-state index in [2.05, 4.69) is 31.2 Å². The summed E-state index contributed by atoms with van der Waals surface area (Å²) in [7, 11) is 0. The van der Waals surface area contributed by atoms with Crippen LogP contribution < -0.4 is 9.80 Å². The predicted octanol–water partition coefficient (Wildman–Crippen LogP) is -0.285. The van der Waals surface area contributed by atoms with Crippen molar-refractivity contribution in [3.05, 3.63) is 65.7 Å². The van der Waals surface area contributed by atoms with Gasteiger partial charge in [0.1, 0.15) is 37.3 Å². The van der Waals surface area contributed by atoms with Gasteiger partial charge >= 0.3 is 0 Å². The smallest absolute Gasteiger partial charge is 0.240 e. The molecule has 4 aliphatic heterocycles. The van der Waals surface area contributed by atoms with Crippen molar-refractivity contribution in [2.24, 2.45) is 5.41 Å². The summed E-state index contributed by atoms with van der Waals surface area (Å²) in [6.07, 6.45) is 0.360. The van der Waals surface area contributed by atoms with Crippen LogP contribution in [-0.4, -0.2) is 37.1 Å². The van der Waals surface area contributed by atoms with Crippen molar-refractivity contribution in [2.75, 3.05) is 26.2 Å². The zero-order valence-corrected chi connectivity index (χ0v) is 14.5. The molecule has 3 N–H and O–H groups in total.